The van der Waals surface area contributed by atoms with E-state index in [4.69, 9.17) is 14.6 Å². The average Bonchev–Trinajstić information content (AvgIpc) is 2.49. The molecule has 0 aromatic heterocycles. The maximum absolute atomic E-state index is 11.9. The standard InChI is InChI=1S/C16H23NO5/c1-10(2)15(16(19)20)17-14(18)8-5-11-9-12(21-3)6-7-13(11)22-4/h6-7,9-10,15H,5,8H2,1-4H3,(H,17,18)(H,19,20)/t15-/m0/s1. The van der Waals surface area contributed by atoms with Crippen LogP contribution in [0.2, 0.25) is 0 Å². The van der Waals surface area contributed by atoms with Crippen molar-refractivity contribution in [2.75, 3.05) is 14.2 Å². The number of carbonyl (C=O) groups is 2. The normalized spacial score (nSPS) is 11.9. The zero-order valence-electron chi connectivity index (χ0n) is 13.4. The van der Waals surface area contributed by atoms with E-state index in [1.54, 1.807) is 40.2 Å². The third-order valence-corrected chi connectivity index (χ3v) is 3.36. The highest BCUT2D eigenvalue weighted by molar-refractivity contribution is 5.83. The molecule has 1 aromatic rings. The number of hydrogen-bond donors (Lipinski definition) is 2. The first-order valence-electron chi connectivity index (χ1n) is 7.12. The number of nitrogens with one attached hydrogen (secondary N) is 1. The molecule has 122 valence electrons. The second kappa shape index (κ2) is 8.26. The summed E-state index contributed by atoms with van der Waals surface area (Å²) >= 11 is 0. The van der Waals surface area contributed by atoms with Gasteiger partial charge in [0, 0.05) is 6.42 Å². The van der Waals surface area contributed by atoms with Gasteiger partial charge in [0.2, 0.25) is 5.91 Å². The van der Waals surface area contributed by atoms with Crippen LogP contribution in [0.1, 0.15) is 25.8 Å². The van der Waals surface area contributed by atoms with Crippen LogP contribution in [0.5, 0.6) is 11.5 Å². The van der Waals surface area contributed by atoms with Gasteiger partial charge in [-0.1, -0.05) is 13.8 Å². The first-order chi connectivity index (χ1) is 10.4. The highest BCUT2D eigenvalue weighted by Crippen LogP contribution is 2.25. The molecule has 22 heavy (non-hydrogen) atoms. The molecule has 1 rings (SSSR count). The van der Waals surface area contributed by atoms with Crippen LogP contribution < -0.4 is 14.8 Å². The Morgan fingerprint density at radius 3 is 2.41 bits per heavy atom. The van der Waals surface area contributed by atoms with Gasteiger partial charge < -0.3 is 19.9 Å². The zero-order chi connectivity index (χ0) is 16.7. The van der Waals surface area contributed by atoms with Crippen molar-refractivity contribution in [1.82, 2.24) is 5.32 Å². The summed E-state index contributed by atoms with van der Waals surface area (Å²) in [6, 6.07) is 4.49. The number of hydrogen-bond acceptors (Lipinski definition) is 4. The quantitative estimate of drug-likeness (QED) is 0.765. The molecule has 2 N–H and O–H groups in total. The summed E-state index contributed by atoms with van der Waals surface area (Å²) in [6.07, 6.45) is 0.622. The molecule has 0 radical (unpaired) electrons. The molecule has 6 nitrogen and oxygen atoms in total. The first kappa shape index (κ1) is 17.8. The van der Waals surface area contributed by atoms with Crippen LogP contribution in [0.4, 0.5) is 0 Å². The summed E-state index contributed by atoms with van der Waals surface area (Å²) in [5.74, 6) is -0.143. The van der Waals surface area contributed by atoms with Gasteiger partial charge in [-0.2, -0.15) is 0 Å². The molecule has 0 unspecified atom stereocenters. The van der Waals surface area contributed by atoms with Crippen molar-refractivity contribution in [2.24, 2.45) is 5.92 Å². The Bertz CT molecular complexity index is 527. The Balaban J connectivity index is 2.69. The van der Waals surface area contributed by atoms with E-state index in [-0.39, 0.29) is 18.2 Å². The summed E-state index contributed by atoms with van der Waals surface area (Å²) in [7, 11) is 3.13. The predicted molar refractivity (Wildman–Crippen MR) is 82.3 cm³/mol. The lowest BCUT2D eigenvalue weighted by atomic mass is 10.0. The maximum atomic E-state index is 11.9. The van der Waals surface area contributed by atoms with Gasteiger partial charge in [-0.25, -0.2) is 4.79 Å². The minimum Gasteiger partial charge on any atom is -0.497 e. The van der Waals surface area contributed by atoms with Crippen molar-refractivity contribution in [3.05, 3.63) is 23.8 Å². The van der Waals surface area contributed by atoms with Gasteiger partial charge in [-0.05, 0) is 36.1 Å². The average molecular weight is 309 g/mol. The van der Waals surface area contributed by atoms with Crippen molar-refractivity contribution < 1.29 is 24.2 Å². The molecule has 0 saturated carbocycles. The number of benzene rings is 1. The van der Waals surface area contributed by atoms with Crippen LogP contribution in [-0.2, 0) is 16.0 Å². The molecule has 0 saturated heterocycles. The fourth-order valence-corrected chi connectivity index (χ4v) is 2.08. The molecule has 0 aliphatic carbocycles. The van der Waals surface area contributed by atoms with Crippen molar-refractivity contribution in [1.29, 1.82) is 0 Å². The van der Waals surface area contributed by atoms with Crippen LogP contribution in [0.25, 0.3) is 0 Å². The Labute approximate surface area is 130 Å². The third kappa shape index (κ3) is 4.95. The molecule has 0 aliphatic rings. The van der Waals surface area contributed by atoms with Crippen molar-refractivity contribution in [3.63, 3.8) is 0 Å². The zero-order valence-corrected chi connectivity index (χ0v) is 13.4. The van der Waals surface area contributed by atoms with Crippen LogP contribution in [0, 0.1) is 5.92 Å². The van der Waals surface area contributed by atoms with Gasteiger partial charge in [0.25, 0.3) is 0 Å². The molecule has 0 fully saturated rings. The number of rotatable bonds is 8. The smallest absolute Gasteiger partial charge is 0.326 e. The molecular formula is C16H23NO5. The molecule has 1 atom stereocenters. The molecule has 0 aliphatic heterocycles. The van der Waals surface area contributed by atoms with E-state index in [9.17, 15) is 9.59 Å². The highest BCUT2D eigenvalue weighted by atomic mass is 16.5. The van der Waals surface area contributed by atoms with Crippen molar-refractivity contribution in [2.45, 2.75) is 32.7 Å². The van der Waals surface area contributed by atoms with Crippen molar-refractivity contribution in [3.8, 4) is 11.5 Å². The van der Waals surface area contributed by atoms with Gasteiger partial charge in [0.15, 0.2) is 0 Å². The number of amides is 1. The van der Waals surface area contributed by atoms with E-state index in [1.165, 1.54) is 0 Å². The van der Waals surface area contributed by atoms with Crippen LogP contribution in [0.15, 0.2) is 18.2 Å². The Kier molecular flexibility index (Phi) is 6.69. The number of methoxy groups -OCH3 is 2. The SMILES string of the molecule is COc1ccc(OC)c(CCC(=O)N[C@H](C(=O)O)C(C)C)c1. The van der Waals surface area contributed by atoms with E-state index in [0.29, 0.717) is 17.9 Å². The largest absolute Gasteiger partial charge is 0.497 e. The lowest BCUT2D eigenvalue weighted by molar-refractivity contribution is -0.143. The molecule has 0 bridgehead atoms. The fourth-order valence-electron chi connectivity index (χ4n) is 2.08. The van der Waals surface area contributed by atoms with E-state index in [0.717, 1.165) is 5.56 Å². The van der Waals surface area contributed by atoms with Gasteiger partial charge in [-0.15, -0.1) is 0 Å². The van der Waals surface area contributed by atoms with Gasteiger partial charge >= 0.3 is 5.97 Å². The van der Waals surface area contributed by atoms with E-state index in [1.807, 2.05) is 6.07 Å². The summed E-state index contributed by atoms with van der Waals surface area (Å²) in [5.41, 5.74) is 0.841. The second-order valence-corrected chi connectivity index (χ2v) is 5.31. The Morgan fingerprint density at radius 1 is 1.23 bits per heavy atom. The fraction of sp³-hybridized carbons (Fsp3) is 0.500. The molecule has 6 heteroatoms. The molecular weight excluding hydrogens is 286 g/mol. The highest BCUT2D eigenvalue weighted by Gasteiger charge is 2.23. The van der Waals surface area contributed by atoms with Crippen LogP contribution in [-0.4, -0.2) is 37.2 Å². The number of carbonyl (C=O) groups excluding carboxylic acids is 1. The number of carboxylic acids is 1. The maximum Gasteiger partial charge on any atom is 0.326 e. The Hall–Kier alpha value is -2.24. The molecule has 0 spiro atoms. The van der Waals surface area contributed by atoms with E-state index >= 15 is 0 Å². The second-order valence-electron chi connectivity index (χ2n) is 5.31. The van der Waals surface area contributed by atoms with Crippen LogP contribution in [0.3, 0.4) is 0 Å². The number of aliphatic carboxylic acids is 1. The van der Waals surface area contributed by atoms with Crippen LogP contribution >= 0.6 is 0 Å². The summed E-state index contributed by atoms with van der Waals surface area (Å²) < 4.78 is 10.4. The summed E-state index contributed by atoms with van der Waals surface area (Å²) in [6.45, 7) is 3.51. The Morgan fingerprint density at radius 2 is 1.91 bits per heavy atom. The minimum atomic E-state index is -1.03. The number of carboxylic acid groups (broad SMARTS) is 1. The van der Waals surface area contributed by atoms with E-state index in [2.05, 4.69) is 5.32 Å². The minimum absolute atomic E-state index is 0.173. The monoisotopic (exact) mass is 309 g/mol. The number of ether oxygens (including phenoxy) is 2. The summed E-state index contributed by atoms with van der Waals surface area (Å²) in [4.78, 5) is 23.0. The van der Waals surface area contributed by atoms with Gasteiger partial charge in [0.1, 0.15) is 17.5 Å². The summed E-state index contributed by atoms with van der Waals surface area (Å²) in [5, 5.41) is 11.6. The lowest BCUT2D eigenvalue weighted by Gasteiger charge is -2.18. The predicted octanol–water partition coefficient (Wildman–Crippen LogP) is 1.86. The van der Waals surface area contributed by atoms with Crippen molar-refractivity contribution >= 4 is 11.9 Å². The molecule has 1 aromatic carbocycles. The third-order valence-electron chi connectivity index (χ3n) is 3.36. The number of aryl methyl sites for hydroxylation is 1. The molecule has 1 amide bonds. The van der Waals surface area contributed by atoms with Gasteiger partial charge in [-0.3, -0.25) is 4.79 Å². The van der Waals surface area contributed by atoms with Gasteiger partial charge in [0.05, 0.1) is 14.2 Å². The van der Waals surface area contributed by atoms with E-state index < -0.39 is 12.0 Å². The molecule has 0 heterocycles. The topological polar surface area (TPSA) is 84.9 Å². The first-order valence-corrected chi connectivity index (χ1v) is 7.12. The lowest BCUT2D eigenvalue weighted by Crippen LogP contribution is -2.44.